The number of aromatic nitrogens is 3. The van der Waals surface area contributed by atoms with Crippen LogP contribution in [-0.2, 0) is 11.3 Å². The number of hydrogen-bond acceptors (Lipinski definition) is 4. The molecule has 0 fully saturated rings. The minimum atomic E-state index is -4.37. The molecule has 1 aromatic heterocycles. The molecular formula is C12H11F4N3O2. The molecule has 1 heterocycles. The van der Waals surface area contributed by atoms with E-state index in [2.05, 4.69) is 15.0 Å². The number of fused-ring (bicyclic) bond motifs is 1. The van der Waals surface area contributed by atoms with Crippen LogP contribution in [0.15, 0.2) is 18.2 Å². The van der Waals surface area contributed by atoms with Gasteiger partial charge in [-0.25, -0.2) is 18.3 Å². The Morgan fingerprint density at radius 3 is 2.76 bits per heavy atom. The molecule has 5 nitrogen and oxygen atoms in total. The fourth-order valence-electron chi connectivity index (χ4n) is 1.64. The third-order valence-corrected chi connectivity index (χ3v) is 2.76. The van der Waals surface area contributed by atoms with E-state index in [4.69, 9.17) is 0 Å². The highest BCUT2D eigenvalue weighted by molar-refractivity contribution is 5.93. The first kappa shape index (κ1) is 15.2. The number of aryl methyl sites for hydroxylation is 1. The van der Waals surface area contributed by atoms with Gasteiger partial charge in [0.05, 0.1) is 11.1 Å². The molecule has 114 valence electrons. The Labute approximate surface area is 116 Å². The summed E-state index contributed by atoms with van der Waals surface area (Å²) < 4.78 is 55.0. The van der Waals surface area contributed by atoms with E-state index in [1.807, 2.05) is 6.92 Å². The van der Waals surface area contributed by atoms with E-state index < -0.39 is 24.9 Å². The Bertz CT molecular complexity index is 657. The van der Waals surface area contributed by atoms with E-state index in [0.717, 1.165) is 0 Å². The number of ether oxygens (including phenoxy) is 1. The van der Waals surface area contributed by atoms with Crippen LogP contribution in [0, 0.1) is 0 Å². The van der Waals surface area contributed by atoms with Gasteiger partial charge in [0.2, 0.25) is 0 Å². The van der Waals surface area contributed by atoms with Crippen molar-refractivity contribution in [3.05, 3.63) is 23.8 Å². The van der Waals surface area contributed by atoms with Crippen LogP contribution in [0.1, 0.15) is 17.3 Å². The fraction of sp³-hybridized carbons (Fsp3) is 0.417. The quantitative estimate of drug-likeness (QED) is 0.629. The molecule has 0 amide bonds. The van der Waals surface area contributed by atoms with Crippen LogP contribution in [0.3, 0.4) is 0 Å². The number of benzene rings is 1. The Hall–Kier alpha value is -2.19. The molecule has 0 bridgehead atoms. The third kappa shape index (κ3) is 3.11. The molecule has 9 heteroatoms. The molecule has 0 unspecified atom stereocenters. The van der Waals surface area contributed by atoms with Crippen molar-refractivity contribution in [1.82, 2.24) is 15.0 Å². The van der Waals surface area contributed by atoms with E-state index in [0.29, 0.717) is 17.6 Å². The molecule has 0 atom stereocenters. The van der Waals surface area contributed by atoms with Crippen LogP contribution >= 0.6 is 0 Å². The van der Waals surface area contributed by atoms with Crippen molar-refractivity contribution in [1.29, 1.82) is 0 Å². The highest BCUT2D eigenvalue weighted by Crippen LogP contribution is 2.23. The lowest BCUT2D eigenvalue weighted by atomic mass is 10.2. The van der Waals surface area contributed by atoms with E-state index >= 15 is 0 Å². The monoisotopic (exact) mass is 305 g/mol. The summed E-state index contributed by atoms with van der Waals surface area (Å²) in [6.45, 7) is 0.743. The number of carbonyl (C=O) groups excluding carboxylic acids is 1. The van der Waals surface area contributed by atoms with Gasteiger partial charge in [-0.3, -0.25) is 0 Å². The zero-order chi connectivity index (χ0) is 15.6. The number of alkyl halides is 4. The minimum Gasteiger partial charge on any atom is -0.455 e. The first-order valence-electron chi connectivity index (χ1n) is 6.01. The average Bonchev–Trinajstić information content (AvgIpc) is 2.86. The smallest absolute Gasteiger partial charge is 0.340 e. The number of esters is 1. The van der Waals surface area contributed by atoms with Gasteiger partial charge in [0.25, 0.3) is 0 Å². The molecule has 0 saturated heterocycles. The Morgan fingerprint density at radius 2 is 2.14 bits per heavy atom. The van der Waals surface area contributed by atoms with Gasteiger partial charge in [-0.15, -0.1) is 5.10 Å². The van der Waals surface area contributed by atoms with Crippen molar-refractivity contribution in [2.24, 2.45) is 0 Å². The summed E-state index contributed by atoms with van der Waals surface area (Å²) in [5.41, 5.74) is 0.981. The van der Waals surface area contributed by atoms with Crippen LogP contribution in [0.5, 0.6) is 0 Å². The summed E-state index contributed by atoms with van der Waals surface area (Å²) in [6, 6.07) is 4.17. The topological polar surface area (TPSA) is 57.0 Å². The second-order valence-electron chi connectivity index (χ2n) is 4.25. The molecule has 0 spiro atoms. The summed E-state index contributed by atoms with van der Waals surface area (Å²) >= 11 is 0. The molecule has 21 heavy (non-hydrogen) atoms. The fourth-order valence-corrected chi connectivity index (χ4v) is 1.64. The largest absolute Gasteiger partial charge is 0.455 e. The molecule has 0 saturated carbocycles. The lowest BCUT2D eigenvalue weighted by Gasteiger charge is -2.14. The minimum absolute atomic E-state index is 0.0595. The van der Waals surface area contributed by atoms with Gasteiger partial charge in [-0.05, 0) is 25.1 Å². The second-order valence-corrected chi connectivity index (χ2v) is 4.25. The Balaban J connectivity index is 2.13. The van der Waals surface area contributed by atoms with Crippen LogP contribution < -0.4 is 0 Å². The number of carbonyl (C=O) groups is 1. The van der Waals surface area contributed by atoms with Crippen molar-refractivity contribution >= 4 is 17.0 Å². The molecule has 0 aliphatic heterocycles. The summed E-state index contributed by atoms with van der Waals surface area (Å²) in [5, 5.41) is 7.62. The summed E-state index contributed by atoms with van der Waals surface area (Å²) in [7, 11) is 0. The number of nitrogens with zero attached hydrogens (tertiary/aromatic N) is 3. The van der Waals surface area contributed by atoms with Crippen LogP contribution in [0.4, 0.5) is 17.6 Å². The highest BCUT2D eigenvalue weighted by atomic mass is 19.3. The number of hydrogen-bond donors (Lipinski definition) is 0. The predicted octanol–water partition coefficient (Wildman–Crippen LogP) is 2.51. The number of halogens is 4. The van der Waals surface area contributed by atoms with Crippen LogP contribution in [0.25, 0.3) is 11.0 Å². The Morgan fingerprint density at radius 1 is 1.43 bits per heavy atom. The Kier molecular flexibility index (Phi) is 4.10. The van der Waals surface area contributed by atoms with Gasteiger partial charge in [0, 0.05) is 6.54 Å². The maximum absolute atomic E-state index is 12.7. The maximum Gasteiger partial charge on any atom is 0.340 e. The first-order chi connectivity index (χ1) is 9.85. The zero-order valence-electron chi connectivity index (χ0n) is 10.9. The van der Waals surface area contributed by atoms with Crippen LogP contribution in [-0.4, -0.2) is 39.9 Å². The van der Waals surface area contributed by atoms with Crippen molar-refractivity contribution in [3.63, 3.8) is 0 Å². The third-order valence-electron chi connectivity index (χ3n) is 2.76. The second kappa shape index (κ2) is 5.66. The van der Waals surface area contributed by atoms with Gasteiger partial charge in [0.15, 0.2) is 6.61 Å². The molecule has 0 aliphatic rings. The van der Waals surface area contributed by atoms with E-state index in [1.165, 1.54) is 18.2 Å². The van der Waals surface area contributed by atoms with Crippen molar-refractivity contribution in [2.75, 3.05) is 6.61 Å². The molecule has 1 aromatic carbocycles. The number of rotatable bonds is 5. The van der Waals surface area contributed by atoms with E-state index in [9.17, 15) is 22.4 Å². The molecule has 0 N–H and O–H groups in total. The molecule has 0 radical (unpaired) electrons. The average molecular weight is 305 g/mol. The summed E-state index contributed by atoms with van der Waals surface area (Å²) in [4.78, 5) is 11.6. The van der Waals surface area contributed by atoms with Crippen molar-refractivity contribution in [2.45, 2.75) is 25.8 Å². The lowest BCUT2D eigenvalue weighted by molar-refractivity contribution is -0.155. The van der Waals surface area contributed by atoms with Gasteiger partial charge in [0.1, 0.15) is 5.52 Å². The SMILES string of the molecule is CCn1nnc2cc(C(=O)OCC(F)(F)C(F)F)ccc21. The summed E-state index contributed by atoms with van der Waals surface area (Å²) in [6.07, 6.45) is -3.89. The summed E-state index contributed by atoms with van der Waals surface area (Å²) in [5.74, 6) is -5.49. The lowest BCUT2D eigenvalue weighted by Crippen LogP contribution is -2.33. The van der Waals surface area contributed by atoms with Crippen molar-refractivity contribution in [3.8, 4) is 0 Å². The molecule has 0 aliphatic carbocycles. The zero-order valence-corrected chi connectivity index (χ0v) is 10.9. The van der Waals surface area contributed by atoms with Gasteiger partial charge < -0.3 is 4.74 Å². The predicted molar refractivity (Wildman–Crippen MR) is 64.4 cm³/mol. The van der Waals surface area contributed by atoms with Gasteiger partial charge in [-0.2, -0.15) is 8.78 Å². The molecular weight excluding hydrogens is 294 g/mol. The molecule has 2 rings (SSSR count). The standard InChI is InChI=1S/C12H11F4N3O2/c1-2-19-9-4-3-7(5-8(9)17-18-19)10(20)21-6-12(15,16)11(13)14/h3-5,11H,2,6H2,1H3. The highest BCUT2D eigenvalue weighted by Gasteiger charge is 2.42. The first-order valence-corrected chi connectivity index (χ1v) is 6.01. The van der Waals surface area contributed by atoms with Crippen LogP contribution in [0.2, 0.25) is 0 Å². The maximum atomic E-state index is 12.7. The van der Waals surface area contributed by atoms with Gasteiger partial charge >= 0.3 is 18.3 Å². The van der Waals surface area contributed by atoms with E-state index in [1.54, 1.807) is 4.68 Å². The molecule has 2 aromatic rings. The van der Waals surface area contributed by atoms with Gasteiger partial charge in [-0.1, -0.05) is 5.21 Å². The normalized spacial score (nSPS) is 12.1. The van der Waals surface area contributed by atoms with Crippen molar-refractivity contribution < 1.29 is 27.1 Å². The van der Waals surface area contributed by atoms with E-state index in [-0.39, 0.29) is 5.56 Å².